The molecule has 0 bridgehead atoms. The van der Waals surface area contributed by atoms with Crippen molar-refractivity contribution in [2.45, 2.75) is 26.7 Å². The van der Waals surface area contributed by atoms with Gasteiger partial charge in [0.15, 0.2) is 0 Å². The summed E-state index contributed by atoms with van der Waals surface area (Å²) in [7, 11) is 0. The van der Waals surface area contributed by atoms with Crippen molar-refractivity contribution in [3.63, 3.8) is 0 Å². The van der Waals surface area contributed by atoms with E-state index in [0.29, 0.717) is 25.1 Å². The van der Waals surface area contributed by atoms with Crippen LogP contribution < -0.4 is 10.6 Å². The topological polar surface area (TPSA) is 78.4 Å². The number of aliphatic hydroxyl groups is 1. The average molecular weight is 298 g/mol. The van der Waals surface area contributed by atoms with Crippen LogP contribution in [-0.4, -0.2) is 36.6 Å². The van der Waals surface area contributed by atoms with Crippen LogP contribution in [0.15, 0.2) is 16.8 Å². The van der Waals surface area contributed by atoms with Gasteiger partial charge in [0.1, 0.15) is 0 Å². The van der Waals surface area contributed by atoms with Crippen LogP contribution in [0.2, 0.25) is 0 Å². The van der Waals surface area contributed by atoms with E-state index in [0.717, 1.165) is 0 Å². The highest BCUT2D eigenvalue weighted by Gasteiger charge is 2.18. The first-order valence-corrected chi connectivity index (χ1v) is 7.57. The Hall–Kier alpha value is -1.40. The third-order valence-corrected chi connectivity index (χ3v) is 3.66. The Morgan fingerprint density at radius 2 is 2.10 bits per heavy atom. The molecule has 20 heavy (non-hydrogen) atoms. The van der Waals surface area contributed by atoms with E-state index in [-0.39, 0.29) is 30.3 Å². The van der Waals surface area contributed by atoms with Crippen molar-refractivity contribution < 1.29 is 14.7 Å². The molecule has 1 aromatic rings. The lowest BCUT2D eigenvalue weighted by molar-refractivity contribution is -0.121. The first-order valence-electron chi connectivity index (χ1n) is 6.62. The molecule has 1 aromatic heterocycles. The van der Waals surface area contributed by atoms with Crippen molar-refractivity contribution in [1.82, 2.24) is 10.6 Å². The Morgan fingerprint density at radius 1 is 1.35 bits per heavy atom. The van der Waals surface area contributed by atoms with Crippen LogP contribution in [0.25, 0.3) is 0 Å². The number of carbonyl (C=O) groups is 2. The largest absolute Gasteiger partial charge is 0.396 e. The predicted molar refractivity (Wildman–Crippen MR) is 79.8 cm³/mol. The Balaban J connectivity index is 2.19. The molecule has 0 aliphatic carbocycles. The molecule has 0 radical (unpaired) electrons. The lowest BCUT2D eigenvalue weighted by Gasteiger charge is -2.23. The van der Waals surface area contributed by atoms with Gasteiger partial charge in [0.2, 0.25) is 5.91 Å². The Labute approximate surface area is 123 Å². The SMILES string of the molecule is CC(C)(CCO)CNC(=O)CCNC(=O)c1ccsc1. The number of thiophene rings is 1. The van der Waals surface area contributed by atoms with Gasteiger partial charge in [-0.2, -0.15) is 11.3 Å². The van der Waals surface area contributed by atoms with Gasteiger partial charge in [-0.05, 0) is 23.3 Å². The van der Waals surface area contributed by atoms with Gasteiger partial charge in [0, 0.05) is 37.1 Å². The number of carbonyl (C=O) groups excluding carboxylic acids is 2. The molecule has 0 aliphatic heterocycles. The highest BCUT2D eigenvalue weighted by atomic mass is 32.1. The minimum atomic E-state index is -0.153. The first-order chi connectivity index (χ1) is 9.44. The molecule has 5 nitrogen and oxygen atoms in total. The zero-order chi connectivity index (χ0) is 15.0. The zero-order valence-corrected chi connectivity index (χ0v) is 12.8. The van der Waals surface area contributed by atoms with Gasteiger partial charge >= 0.3 is 0 Å². The molecule has 0 saturated carbocycles. The first kappa shape index (κ1) is 16.7. The lowest BCUT2D eigenvalue weighted by atomic mass is 9.90. The van der Waals surface area contributed by atoms with E-state index in [2.05, 4.69) is 10.6 Å². The Bertz CT molecular complexity index is 430. The molecule has 1 heterocycles. The molecule has 0 aromatic carbocycles. The Morgan fingerprint density at radius 3 is 2.70 bits per heavy atom. The number of rotatable bonds is 8. The van der Waals surface area contributed by atoms with Gasteiger partial charge in [0.05, 0.1) is 0 Å². The zero-order valence-electron chi connectivity index (χ0n) is 11.9. The van der Waals surface area contributed by atoms with Gasteiger partial charge in [0.25, 0.3) is 5.91 Å². The standard InChI is InChI=1S/C14H22N2O3S/c1-14(2,5-7-17)10-16-12(18)3-6-15-13(19)11-4-8-20-9-11/h4,8-9,17H,3,5-7,10H2,1-2H3,(H,15,19)(H,16,18). The quantitative estimate of drug-likeness (QED) is 0.678. The minimum Gasteiger partial charge on any atom is -0.396 e. The summed E-state index contributed by atoms with van der Waals surface area (Å²) in [5.74, 6) is -0.249. The summed E-state index contributed by atoms with van der Waals surface area (Å²) in [4.78, 5) is 23.3. The monoisotopic (exact) mass is 298 g/mol. The highest BCUT2D eigenvalue weighted by molar-refractivity contribution is 7.08. The summed E-state index contributed by atoms with van der Waals surface area (Å²) in [6.45, 7) is 4.93. The number of hydrogen-bond donors (Lipinski definition) is 3. The van der Waals surface area contributed by atoms with Gasteiger partial charge in [-0.15, -0.1) is 0 Å². The van der Waals surface area contributed by atoms with Crippen LogP contribution in [0.5, 0.6) is 0 Å². The third kappa shape index (κ3) is 6.16. The highest BCUT2D eigenvalue weighted by Crippen LogP contribution is 2.17. The molecular formula is C14H22N2O3S. The summed E-state index contributed by atoms with van der Waals surface area (Å²) in [6, 6.07) is 1.75. The number of aliphatic hydroxyl groups excluding tert-OH is 1. The molecule has 3 N–H and O–H groups in total. The molecule has 2 amide bonds. The van der Waals surface area contributed by atoms with Crippen LogP contribution in [0.4, 0.5) is 0 Å². The van der Waals surface area contributed by atoms with Gasteiger partial charge < -0.3 is 15.7 Å². The molecule has 0 atom stereocenters. The van der Waals surface area contributed by atoms with Crippen LogP contribution >= 0.6 is 11.3 Å². The molecule has 112 valence electrons. The maximum absolute atomic E-state index is 11.6. The molecule has 0 unspecified atom stereocenters. The van der Waals surface area contributed by atoms with Crippen molar-refractivity contribution in [1.29, 1.82) is 0 Å². The van der Waals surface area contributed by atoms with Crippen LogP contribution in [-0.2, 0) is 4.79 Å². The number of hydrogen-bond acceptors (Lipinski definition) is 4. The number of amides is 2. The average Bonchev–Trinajstić information content (AvgIpc) is 2.90. The maximum atomic E-state index is 11.6. The fourth-order valence-corrected chi connectivity index (χ4v) is 2.24. The van der Waals surface area contributed by atoms with Crippen LogP contribution in [0, 0.1) is 5.41 Å². The van der Waals surface area contributed by atoms with Crippen molar-refractivity contribution in [3.8, 4) is 0 Å². The van der Waals surface area contributed by atoms with Crippen molar-refractivity contribution in [2.75, 3.05) is 19.7 Å². The molecule has 0 spiro atoms. The van der Waals surface area contributed by atoms with E-state index < -0.39 is 0 Å². The second kappa shape index (κ2) is 8.01. The molecule has 6 heteroatoms. The normalized spacial score (nSPS) is 11.2. The summed E-state index contributed by atoms with van der Waals surface area (Å²) >= 11 is 1.46. The second-order valence-electron chi connectivity index (χ2n) is 5.43. The van der Waals surface area contributed by atoms with Gasteiger partial charge in [-0.3, -0.25) is 9.59 Å². The molecule has 0 fully saturated rings. The molecule has 1 rings (SSSR count). The van der Waals surface area contributed by atoms with E-state index in [9.17, 15) is 9.59 Å². The summed E-state index contributed by atoms with van der Waals surface area (Å²) < 4.78 is 0. The molecular weight excluding hydrogens is 276 g/mol. The predicted octanol–water partition coefficient (Wildman–Crippen LogP) is 1.39. The number of nitrogens with one attached hydrogen (secondary N) is 2. The van der Waals surface area contributed by atoms with Gasteiger partial charge in [-0.25, -0.2) is 0 Å². The fourth-order valence-electron chi connectivity index (χ4n) is 1.60. The van der Waals surface area contributed by atoms with E-state index in [1.165, 1.54) is 11.3 Å². The van der Waals surface area contributed by atoms with E-state index in [4.69, 9.17) is 5.11 Å². The lowest BCUT2D eigenvalue weighted by Crippen LogP contribution is -2.36. The smallest absolute Gasteiger partial charge is 0.252 e. The summed E-state index contributed by atoms with van der Waals surface area (Å²) in [5.41, 5.74) is 0.504. The fraction of sp³-hybridized carbons (Fsp3) is 0.571. The summed E-state index contributed by atoms with van der Waals surface area (Å²) in [6.07, 6.45) is 0.896. The van der Waals surface area contributed by atoms with Crippen LogP contribution in [0.1, 0.15) is 37.0 Å². The van der Waals surface area contributed by atoms with E-state index in [1.54, 1.807) is 11.4 Å². The van der Waals surface area contributed by atoms with Gasteiger partial charge in [-0.1, -0.05) is 13.8 Å². The maximum Gasteiger partial charge on any atom is 0.252 e. The van der Waals surface area contributed by atoms with E-state index >= 15 is 0 Å². The van der Waals surface area contributed by atoms with Crippen molar-refractivity contribution in [3.05, 3.63) is 22.4 Å². The Kier molecular flexibility index (Phi) is 6.67. The third-order valence-electron chi connectivity index (χ3n) is 2.97. The van der Waals surface area contributed by atoms with Crippen LogP contribution in [0.3, 0.4) is 0 Å². The molecule has 0 aliphatic rings. The van der Waals surface area contributed by atoms with Crippen molar-refractivity contribution >= 4 is 23.2 Å². The summed E-state index contributed by atoms with van der Waals surface area (Å²) in [5, 5.41) is 18.0. The molecule has 0 saturated heterocycles. The second-order valence-corrected chi connectivity index (χ2v) is 6.21. The van der Waals surface area contributed by atoms with Crippen molar-refractivity contribution in [2.24, 2.45) is 5.41 Å². The van der Waals surface area contributed by atoms with E-state index in [1.807, 2.05) is 19.2 Å². The minimum absolute atomic E-state index is 0.0957.